The topological polar surface area (TPSA) is 61.9 Å². The van der Waals surface area contributed by atoms with Gasteiger partial charge in [-0.1, -0.05) is 19.3 Å². The smallest absolute Gasteiger partial charge is 0.397 e. The monoisotopic (exact) mass is 359 g/mol. The molecular formula is C20H29N3O3. The maximum absolute atomic E-state index is 11.7. The van der Waals surface area contributed by atoms with E-state index in [1.54, 1.807) is 6.92 Å². The molecule has 0 atom stereocenters. The van der Waals surface area contributed by atoms with Crippen molar-refractivity contribution in [2.75, 3.05) is 43.0 Å². The Morgan fingerprint density at radius 1 is 1.04 bits per heavy atom. The minimum Gasteiger partial charge on any atom is -0.459 e. The Morgan fingerprint density at radius 2 is 1.69 bits per heavy atom. The molecule has 1 saturated heterocycles. The highest BCUT2D eigenvalue weighted by Crippen LogP contribution is 2.25. The van der Waals surface area contributed by atoms with Crippen LogP contribution in [0.4, 0.5) is 11.4 Å². The lowest BCUT2D eigenvalue weighted by atomic mass is 9.94. The van der Waals surface area contributed by atoms with E-state index in [4.69, 9.17) is 4.74 Å². The summed E-state index contributed by atoms with van der Waals surface area (Å²) in [5.41, 5.74) is 1.76. The van der Waals surface area contributed by atoms with E-state index in [1.807, 2.05) is 24.3 Å². The van der Waals surface area contributed by atoms with Crippen LogP contribution in [0.15, 0.2) is 24.3 Å². The van der Waals surface area contributed by atoms with E-state index in [1.165, 1.54) is 32.1 Å². The number of carbonyl (C=O) groups is 2. The summed E-state index contributed by atoms with van der Waals surface area (Å²) in [6.45, 7) is 6.17. The SMILES string of the molecule is CCOC(=O)C(=O)Nc1ccc(N2CCN(C3CCCCC3)CC2)cc1. The molecule has 2 aliphatic rings. The largest absolute Gasteiger partial charge is 0.459 e. The first-order valence-corrected chi connectivity index (χ1v) is 9.74. The maximum Gasteiger partial charge on any atom is 0.397 e. The summed E-state index contributed by atoms with van der Waals surface area (Å²) < 4.78 is 4.69. The Hall–Kier alpha value is -2.08. The predicted molar refractivity (Wildman–Crippen MR) is 102 cm³/mol. The highest BCUT2D eigenvalue weighted by Gasteiger charge is 2.25. The zero-order valence-electron chi connectivity index (χ0n) is 15.6. The quantitative estimate of drug-likeness (QED) is 0.661. The van der Waals surface area contributed by atoms with Gasteiger partial charge in [0.2, 0.25) is 0 Å². The second-order valence-corrected chi connectivity index (χ2v) is 7.04. The number of carbonyl (C=O) groups excluding carboxylic acids is 2. The average Bonchev–Trinajstić information content (AvgIpc) is 2.69. The van der Waals surface area contributed by atoms with E-state index in [2.05, 4.69) is 15.1 Å². The number of hydrogen-bond donors (Lipinski definition) is 1. The van der Waals surface area contributed by atoms with Crippen molar-refractivity contribution in [3.05, 3.63) is 24.3 Å². The summed E-state index contributed by atoms with van der Waals surface area (Å²) in [5.74, 6) is -1.59. The van der Waals surface area contributed by atoms with E-state index >= 15 is 0 Å². The van der Waals surface area contributed by atoms with Crippen LogP contribution in [-0.4, -0.2) is 55.6 Å². The lowest BCUT2D eigenvalue weighted by molar-refractivity contribution is -0.152. The number of rotatable bonds is 4. The molecule has 142 valence electrons. The average molecular weight is 359 g/mol. The van der Waals surface area contributed by atoms with Crippen molar-refractivity contribution in [3.8, 4) is 0 Å². The Labute approximate surface area is 155 Å². The first-order chi connectivity index (χ1) is 12.7. The van der Waals surface area contributed by atoms with E-state index < -0.39 is 11.9 Å². The van der Waals surface area contributed by atoms with Gasteiger partial charge >= 0.3 is 11.9 Å². The summed E-state index contributed by atoms with van der Waals surface area (Å²) in [7, 11) is 0. The second kappa shape index (κ2) is 9.03. The van der Waals surface area contributed by atoms with Crippen LogP contribution in [0.3, 0.4) is 0 Å². The summed E-state index contributed by atoms with van der Waals surface area (Å²) in [4.78, 5) is 28.1. The molecule has 1 amide bonds. The summed E-state index contributed by atoms with van der Waals surface area (Å²) in [5, 5.41) is 2.57. The predicted octanol–water partition coefficient (Wildman–Crippen LogP) is 2.64. The van der Waals surface area contributed by atoms with Crippen molar-refractivity contribution >= 4 is 23.3 Å². The molecule has 0 radical (unpaired) electrons. The lowest BCUT2D eigenvalue weighted by Gasteiger charge is -2.41. The van der Waals surface area contributed by atoms with Gasteiger partial charge in [-0.05, 0) is 44.0 Å². The minimum absolute atomic E-state index is 0.192. The molecule has 0 aromatic heterocycles. The van der Waals surface area contributed by atoms with Gasteiger partial charge < -0.3 is 15.0 Å². The maximum atomic E-state index is 11.7. The summed E-state index contributed by atoms with van der Waals surface area (Å²) >= 11 is 0. The third kappa shape index (κ3) is 4.75. The van der Waals surface area contributed by atoms with Gasteiger partial charge in [0.1, 0.15) is 0 Å². The van der Waals surface area contributed by atoms with E-state index in [9.17, 15) is 9.59 Å². The molecule has 1 aliphatic carbocycles. The normalized spacial score (nSPS) is 19.2. The van der Waals surface area contributed by atoms with Gasteiger partial charge in [-0.25, -0.2) is 4.79 Å². The van der Waals surface area contributed by atoms with Gasteiger partial charge in [0.15, 0.2) is 0 Å². The van der Waals surface area contributed by atoms with Crippen molar-refractivity contribution in [2.24, 2.45) is 0 Å². The van der Waals surface area contributed by atoms with Crippen molar-refractivity contribution < 1.29 is 14.3 Å². The first kappa shape index (κ1) is 18.7. The molecule has 1 saturated carbocycles. The number of amides is 1. The molecular weight excluding hydrogens is 330 g/mol. The molecule has 1 heterocycles. The standard InChI is InChI=1S/C20H29N3O3/c1-2-26-20(25)19(24)21-16-8-10-18(11-9-16)23-14-12-22(13-15-23)17-6-4-3-5-7-17/h8-11,17H,2-7,12-15H2,1H3,(H,21,24). The number of benzene rings is 1. The molecule has 1 N–H and O–H groups in total. The molecule has 6 nitrogen and oxygen atoms in total. The number of piperazine rings is 1. The molecule has 2 fully saturated rings. The van der Waals surface area contributed by atoms with Crippen LogP contribution in [0.1, 0.15) is 39.0 Å². The molecule has 0 unspecified atom stereocenters. The molecule has 1 aromatic carbocycles. The number of hydrogen-bond acceptors (Lipinski definition) is 5. The van der Waals surface area contributed by atoms with Gasteiger partial charge in [0.25, 0.3) is 0 Å². The van der Waals surface area contributed by atoms with Gasteiger partial charge in [-0.2, -0.15) is 0 Å². The fraction of sp³-hybridized carbons (Fsp3) is 0.600. The van der Waals surface area contributed by atoms with Gasteiger partial charge in [0.05, 0.1) is 6.61 Å². The Bertz CT molecular complexity index is 603. The third-order valence-corrected chi connectivity index (χ3v) is 5.36. The van der Waals surface area contributed by atoms with Crippen LogP contribution >= 0.6 is 0 Å². The van der Waals surface area contributed by atoms with Gasteiger partial charge in [-0.3, -0.25) is 9.69 Å². The van der Waals surface area contributed by atoms with Crippen molar-refractivity contribution in [2.45, 2.75) is 45.1 Å². The van der Waals surface area contributed by atoms with Crippen LogP contribution < -0.4 is 10.2 Å². The van der Waals surface area contributed by atoms with Crippen LogP contribution in [-0.2, 0) is 14.3 Å². The van der Waals surface area contributed by atoms with E-state index in [-0.39, 0.29) is 6.61 Å². The molecule has 26 heavy (non-hydrogen) atoms. The van der Waals surface area contributed by atoms with E-state index in [0.717, 1.165) is 37.9 Å². The highest BCUT2D eigenvalue weighted by molar-refractivity contribution is 6.37. The van der Waals surface area contributed by atoms with Crippen molar-refractivity contribution in [1.29, 1.82) is 0 Å². The Morgan fingerprint density at radius 3 is 2.31 bits per heavy atom. The number of nitrogens with one attached hydrogen (secondary N) is 1. The highest BCUT2D eigenvalue weighted by atomic mass is 16.5. The lowest BCUT2D eigenvalue weighted by Crippen LogP contribution is -2.50. The number of esters is 1. The Kier molecular flexibility index (Phi) is 6.50. The number of anilines is 2. The van der Waals surface area contributed by atoms with Gasteiger partial charge in [0, 0.05) is 43.6 Å². The fourth-order valence-corrected chi connectivity index (χ4v) is 3.93. The van der Waals surface area contributed by atoms with Gasteiger partial charge in [-0.15, -0.1) is 0 Å². The number of nitrogens with zero attached hydrogens (tertiary/aromatic N) is 2. The van der Waals surface area contributed by atoms with Crippen LogP contribution in [0.2, 0.25) is 0 Å². The second-order valence-electron chi connectivity index (χ2n) is 7.04. The zero-order chi connectivity index (χ0) is 18.4. The summed E-state index contributed by atoms with van der Waals surface area (Å²) in [6.07, 6.45) is 6.87. The third-order valence-electron chi connectivity index (χ3n) is 5.36. The fourth-order valence-electron chi connectivity index (χ4n) is 3.93. The number of ether oxygens (including phenoxy) is 1. The van der Waals surface area contributed by atoms with E-state index in [0.29, 0.717) is 5.69 Å². The molecule has 0 bridgehead atoms. The van der Waals surface area contributed by atoms with Crippen LogP contribution in [0.25, 0.3) is 0 Å². The van der Waals surface area contributed by atoms with Crippen LogP contribution in [0, 0.1) is 0 Å². The molecule has 1 aliphatic heterocycles. The molecule has 0 spiro atoms. The summed E-state index contributed by atoms with van der Waals surface area (Å²) in [6, 6.07) is 8.44. The Balaban J connectivity index is 1.50. The van der Waals surface area contributed by atoms with Crippen LogP contribution in [0.5, 0.6) is 0 Å². The molecule has 1 aromatic rings. The van der Waals surface area contributed by atoms with Crippen molar-refractivity contribution in [3.63, 3.8) is 0 Å². The minimum atomic E-state index is -0.851. The molecule has 3 rings (SSSR count). The van der Waals surface area contributed by atoms with Crippen molar-refractivity contribution in [1.82, 2.24) is 4.90 Å². The zero-order valence-corrected chi connectivity index (χ0v) is 15.6. The first-order valence-electron chi connectivity index (χ1n) is 9.74. The molecule has 6 heteroatoms.